The van der Waals surface area contributed by atoms with Crippen LogP contribution in [0.15, 0.2) is 12.1 Å². The number of pyridine rings is 1. The van der Waals surface area contributed by atoms with E-state index >= 15 is 0 Å². The van der Waals surface area contributed by atoms with Crippen LogP contribution in [-0.4, -0.2) is 40.7 Å². The van der Waals surface area contributed by atoms with E-state index in [0.29, 0.717) is 19.8 Å². The van der Waals surface area contributed by atoms with E-state index in [1.807, 2.05) is 0 Å². The van der Waals surface area contributed by atoms with Crippen LogP contribution in [0, 0.1) is 15.5 Å². The number of ether oxygens (including phenoxy) is 1. The summed E-state index contributed by atoms with van der Waals surface area (Å²) in [5.74, 6) is -1.22. The summed E-state index contributed by atoms with van der Waals surface area (Å²) in [5.41, 5.74) is -0.497. The predicted molar refractivity (Wildman–Crippen MR) is 74.5 cm³/mol. The van der Waals surface area contributed by atoms with Crippen LogP contribution in [-0.2, 0) is 4.74 Å². The Bertz CT molecular complexity index is 555. The molecular weight excluding hydrogens is 278 g/mol. The third kappa shape index (κ3) is 3.66. The summed E-state index contributed by atoms with van der Waals surface area (Å²) in [6.45, 7) is 3.86. The molecule has 1 saturated heterocycles. The van der Waals surface area contributed by atoms with Crippen LogP contribution in [0.25, 0.3) is 0 Å². The summed E-state index contributed by atoms with van der Waals surface area (Å²) in [7, 11) is 0. The minimum Gasteiger partial charge on any atom is -0.477 e. The van der Waals surface area contributed by atoms with Crippen LogP contribution in [0.4, 0.5) is 11.5 Å². The van der Waals surface area contributed by atoms with Crippen molar-refractivity contribution in [2.24, 2.45) is 5.41 Å². The molecule has 2 N–H and O–H groups in total. The number of carboxylic acid groups (broad SMARTS) is 1. The summed E-state index contributed by atoms with van der Waals surface area (Å²) >= 11 is 0. The number of aromatic nitrogens is 1. The maximum absolute atomic E-state index is 11.0. The average molecular weight is 295 g/mol. The number of hydrogen-bond donors (Lipinski definition) is 2. The number of anilines is 1. The molecular formula is C13H17N3O5. The lowest BCUT2D eigenvalue weighted by Crippen LogP contribution is -2.33. The minimum absolute atomic E-state index is 0.00684. The highest BCUT2D eigenvalue weighted by Crippen LogP contribution is 2.31. The van der Waals surface area contributed by atoms with Gasteiger partial charge in [-0.25, -0.2) is 9.78 Å². The van der Waals surface area contributed by atoms with E-state index in [1.54, 1.807) is 0 Å². The molecule has 1 aromatic heterocycles. The molecule has 1 aliphatic heterocycles. The number of nitrogens with one attached hydrogen (secondary N) is 1. The van der Waals surface area contributed by atoms with Crippen LogP contribution in [0.2, 0.25) is 0 Å². The standard InChI is InChI=1S/C13H17N3O5/c1-13(4-6-21-7-5-13)8-14-11-10(16(19)20)3-2-9(15-11)12(17)18/h2-3H,4-8H2,1H3,(H,14,15)(H,17,18). The number of nitrogens with zero attached hydrogens (tertiary/aromatic N) is 2. The Morgan fingerprint density at radius 3 is 2.76 bits per heavy atom. The Morgan fingerprint density at radius 2 is 2.19 bits per heavy atom. The summed E-state index contributed by atoms with van der Waals surface area (Å²) < 4.78 is 5.30. The van der Waals surface area contributed by atoms with Gasteiger partial charge in [-0.3, -0.25) is 10.1 Å². The summed E-state index contributed by atoms with van der Waals surface area (Å²) in [4.78, 5) is 25.2. The average Bonchev–Trinajstić information content (AvgIpc) is 2.45. The van der Waals surface area contributed by atoms with Crippen LogP contribution in [0.1, 0.15) is 30.3 Å². The van der Waals surface area contributed by atoms with Gasteiger partial charge in [0.15, 0.2) is 5.69 Å². The second-order valence-corrected chi connectivity index (χ2v) is 5.40. The third-order valence-electron chi connectivity index (χ3n) is 3.67. The number of rotatable bonds is 5. The lowest BCUT2D eigenvalue weighted by Gasteiger charge is -2.33. The molecule has 0 aromatic carbocycles. The van der Waals surface area contributed by atoms with Gasteiger partial charge in [0.05, 0.1) is 4.92 Å². The molecule has 21 heavy (non-hydrogen) atoms. The fourth-order valence-corrected chi connectivity index (χ4v) is 2.19. The van der Waals surface area contributed by atoms with Crippen LogP contribution >= 0.6 is 0 Å². The lowest BCUT2D eigenvalue weighted by atomic mass is 9.82. The van der Waals surface area contributed by atoms with E-state index < -0.39 is 10.9 Å². The molecule has 114 valence electrons. The van der Waals surface area contributed by atoms with Crippen LogP contribution < -0.4 is 5.32 Å². The Balaban J connectivity index is 2.18. The number of nitro groups is 1. The van der Waals surface area contributed by atoms with Gasteiger partial charge in [-0.05, 0) is 24.3 Å². The first-order valence-electron chi connectivity index (χ1n) is 6.62. The quantitative estimate of drug-likeness (QED) is 0.629. The van der Waals surface area contributed by atoms with Crippen LogP contribution in [0.3, 0.4) is 0 Å². The molecule has 0 spiro atoms. The Kier molecular flexibility index (Phi) is 4.37. The molecule has 0 saturated carbocycles. The largest absolute Gasteiger partial charge is 0.477 e. The first-order chi connectivity index (χ1) is 9.91. The van der Waals surface area contributed by atoms with Crippen molar-refractivity contribution in [3.63, 3.8) is 0 Å². The smallest absolute Gasteiger partial charge is 0.354 e. The highest BCUT2D eigenvalue weighted by Gasteiger charge is 2.28. The molecule has 0 radical (unpaired) electrons. The third-order valence-corrected chi connectivity index (χ3v) is 3.67. The van der Waals surface area contributed by atoms with E-state index in [-0.39, 0.29) is 22.6 Å². The number of hydrogen-bond acceptors (Lipinski definition) is 6. The molecule has 1 aliphatic rings. The van der Waals surface area contributed by atoms with E-state index in [0.717, 1.165) is 25.0 Å². The topological polar surface area (TPSA) is 115 Å². The van der Waals surface area contributed by atoms with Gasteiger partial charge >= 0.3 is 11.7 Å². The number of carbonyl (C=O) groups is 1. The molecule has 0 bridgehead atoms. The molecule has 2 heterocycles. The molecule has 8 heteroatoms. The van der Waals surface area contributed by atoms with Gasteiger partial charge in [0.1, 0.15) is 0 Å². The molecule has 1 aromatic rings. The first-order valence-corrected chi connectivity index (χ1v) is 6.62. The van der Waals surface area contributed by atoms with Crippen molar-refractivity contribution in [2.45, 2.75) is 19.8 Å². The highest BCUT2D eigenvalue weighted by molar-refractivity contribution is 5.86. The Morgan fingerprint density at radius 1 is 1.52 bits per heavy atom. The van der Waals surface area contributed by atoms with Gasteiger partial charge in [-0.15, -0.1) is 0 Å². The van der Waals surface area contributed by atoms with Crippen molar-refractivity contribution in [2.75, 3.05) is 25.1 Å². The minimum atomic E-state index is -1.22. The van der Waals surface area contributed by atoms with Gasteiger partial charge < -0.3 is 15.2 Å². The zero-order chi connectivity index (χ0) is 15.5. The fraction of sp³-hybridized carbons (Fsp3) is 0.538. The van der Waals surface area contributed by atoms with Crippen molar-refractivity contribution >= 4 is 17.5 Å². The second kappa shape index (κ2) is 6.04. The molecule has 0 amide bonds. The maximum atomic E-state index is 11.0. The molecule has 8 nitrogen and oxygen atoms in total. The predicted octanol–water partition coefficient (Wildman–Crippen LogP) is 1.92. The van der Waals surface area contributed by atoms with Crippen molar-refractivity contribution in [1.29, 1.82) is 0 Å². The first kappa shape index (κ1) is 15.2. The number of aromatic carboxylic acids is 1. The van der Waals surface area contributed by atoms with Crippen molar-refractivity contribution in [3.05, 3.63) is 27.9 Å². The molecule has 0 aliphatic carbocycles. The van der Waals surface area contributed by atoms with Crippen molar-refractivity contribution in [3.8, 4) is 0 Å². The maximum Gasteiger partial charge on any atom is 0.354 e. The lowest BCUT2D eigenvalue weighted by molar-refractivity contribution is -0.384. The zero-order valence-corrected chi connectivity index (χ0v) is 11.7. The van der Waals surface area contributed by atoms with Gasteiger partial charge in [0.25, 0.3) is 0 Å². The van der Waals surface area contributed by atoms with E-state index in [4.69, 9.17) is 9.84 Å². The SMILES string of the molecule is CC1(CNc2nc(C(=O)O)ccc2[N+](=O)[O-])CCOCC1. The van der Waals surface area contributed by atoms with Crippen LogP contribution in [0.5, 0.6) is 0 Å². The molecule has 0 unspecified atom stereocenters. The van der Waals surface area contributed by atoms with Gasteiger partial charge in [-0.2, -0.15) is 0 Å². The fourth-order valence-electron chi connectivity index (χ4n) is 2.19. The van der Waals surface area contributed by atoms with E-state index in [2.05, 4.69) is 17.2 Å². The van der Waals surface area contributed by atoms with Crippen molar-refractivity contribution < 1.29 is 19.6 Å². The highest BCUT2D eigenvalue weighted by atomic mass is 16.6. The monoisotopic (exact) mass is 295 g/mol. The summed E-state index contributed by atoms with van der Waals surface area (Å²) in [5, 5.41) is 22.9. The Hall–Kier alpha value is -2.22. The van der Waals surface area contributed by atoms with E-state index in [1.165, 1.54) is 0 Å². The second-order valence-electron chi connectivity index (χ2n) is 5.40. The normalized spacial score (nSPS) is 17.2. The molecule has 1 fully saturated rings. The van der Waals surface area contributed by atoms with Gasteiger partial charge in [0, 0.05) is 25.8 Å². The summed E-state index contributed by atoms with van der Waals surface area (Å²) in [6, 6.07) is 2.28. The van der Waals surface area contributed by atoms with E-state index in [9.17, 15) is 14.9 Å². The van der Waals surface area contributed by atoms with Crippen molar-refractivity contribution in [1.82, 2.24) is 4.98 Å². The number of carboxylic acids is 1. The van der Waals surface area contributed by atoms with Gasteiger partial charge in [0.2, 0.25) is 5.82 Å². The Labute approximate surface area is 121 Å². The molecule has 2 rings (SSSR count). The molecule has 0 atom stereocenters. The zero-order valence-electron chi connectivity index (χ0n) is 11.7. The summed E-state index contributed by atoms with van der Waals surface area (Å²) in [6.07, 6.45) is 1.68. The van der Waals surface area contributed by atoms with Gasteiger partial charge in [-0.1, -0.05) is 6.92 Å².